The van der Waals surface area contributed by atoms with Crippen LogP contribution in [-0.2, 0) is 11.3 Å². The van der Waals surface area contributed by atoms with Gasteiger partial charge in [0.25, 0.3) is 5.89 Å². The average Bonchev–Trinajstić information content (AvgIpc) is 3.32. The maximum Gasteiger partial charge on any atom is 0.282 e. The van der Waals surface area contributed by atoms with Crippen molar-refractivity contribution in [2.45, 2.75) is 13.5 Å². The highest BCUT2D eigenvalue weighted by atomic mass is 19.1. The molecule has 4 rings (SSSR count). The minimum absolute atomic E-state index is 0.0485. The summed E-state index contributed by atoms with van der Waals surface area (Å²) in [6, 6.07) is 13.1. The zero-order valence-electron chi connectivity index (χ0n) is 15.3. The van der Waals surface area contributed by atoms with Gasteiger partial charge in [-0.1, -0.05) is 28.6 Å². The second-order valence-corrected chi connectivity index (χ2v) is 6.27. The maximum atomic E-state index is 13.1. The van der Waals surface area contributed by atoms with Gasteiger partial charge in [0.15, 0.2) is 11.5 Å². The molecule has 29 heavy (non-hydrogen) atoms. The molecule has 10 heteroatoms. The first-order valence-electron chi connectivity index (χ1n) is 8.66. The Labute approximate surface area is 164 Å². The van der Waals surface area contributed by atoms with Crippen LogP contribution in [0.1, 0.15) is 5.56 Å². The fourth-order valence-corrected chi connectivity index (χ4v) is 2.66. The molecule has 9 nitrogen and oxygen atoms in total. The minimum Gasteiger partial charge on any atom is -0.382 e. The van der Waals surface area contributed by atoms with Crippen LogP contribution in [0.25, 0.3) is 23.0 Å². The van der Waals surface area contributed by atoms with E-state index in [4.69, 9.17) is 10.3 Å². The molecule has 0 unspecified atom stereocenters. The van der Waals surface area contributed by atoms with E-state index in [0.717, 1.165) is 5.56 Å². The van der Waals surface area contributed by atoms with Crippen LogP contribution in [0.15, 0.2) is 53.1 Å². The van der Waals surface area contributed by atoms with Gasteiger partial charge in [0.2, 0.25) is 11.7 Å². The van der Waals surface area contributed by atoms with Crippen molar-refractivity contribution in [1.82, 2.24) is 25.1 Å². The molecular weight excluding hydrogens is 377 g/mol. The fourth-order valence-electron chi connectivity index (χ4n) is 2.66. The standard InChI is InChI=1S/C19H16FN7O2/c1-11-4-2-3-5-14(11)22-15(28)10-27-17(21)16(24-26-27)19-23-18(25-29-19)12-6-8-13(20)9-7-12/h2-9H,10,21H2,1H3,(H,22,28). The van der Waals surface area contributed by atoms with Crippen molar-refractivity contribution < 1.29 is 13.7 Å². The van der Waals surface area contributed by atoms with Crippen molar-refractivity contribution in [3.63, 3.8) is 0 Å². The molecule has 0 atom stereocenters. The number of nitrogen functional groups attached to an aromatic ring is 1. The molecule has 0 aliphatic heterocycles. The lowest BCUT2D eigenvalue weighted by atomic mass is 10.2. The molecule has 0 bridgehead atoms. The summed E-state index contributed by atoms with van der Waals surface area (Å²) in [6.07, 6.45) is 0. The zero-order valence-corrected chi connectivity index (χ0v) is 15.3. The zero-order chi connectivity index (χ0) is 20.4. The molecule has 2 heterocycles. The first kappa shape index (κ1) is 18.3. The Balaban J connectivity index is 1.51. The molecule has 1 amide bonds. The monoisotopic (exact) mass is 393 g/mol. The number of rotatable bonds is 5. The molecule has 0 aliphatic carbocycles. The minimum atomic E-state index is -0.367. The van der Waals surface area contributed by atoms with Crippen LogP contribution in [0.4, 0.5) is 15.9 Å². The Bertz CT molecular complexity index is 1170. The molecule has 2 aromatic heterocycles. The topological polar surface area (TPSA) is 125 Å². The highest BCUT2D eigenvalue weighted by molar-refractivity contribution is 5.91. The van der Waals surface area contributed by atoms with Crippen LogP contribution in [0, 0.1) is 12.7 Å². The van der Waals surface area contributed by atoms with Gasteiger partial charge >= 0.3 is 0 Å². The quantitative estimate of drug-likeness (QED) is 0.534. The van der Waals surface area contributed by atoms with E-state index >= 15 is 0 Å². The van der Waals surface area contributed by atoms with Crippen molar-refractivity contribution in [1.29, 1.82) is 0 Å². The number of aromatic nitrogens is 5. The Morgan fingerprint density at radius 1 is 1.21 bits per heavy atom. The summed E-state index contributed by atoms with van der Waals surface area (Å²) in [5.41, 5.74) is 8.43. The average molecular weight is 393 g/mol. The first-order valence-corrected chi connectivity index (χ1v) is 8.66. The summed E-state index contributed by atoms with van der Waals surface area (Å²) in [6.45, 7) is 1.76. The highest BCUT2D eigenvalue weighted by Crippen LogP contribution is 2.25. The van der Waals surface area contributed by atoms with Crippen molar-refractivity contribution in [2.75, 3.05) is 11.1 Å². The lowest BCUT2D eigenvalue weighted by Crippen LogP contribution is -2.21. The molecule has 3 N–H and O–H groups in total. The number of halogens is 1. The number of nitrogens with one attached hydrogen (secondary N) is 1. The third-order valence-electron chi connectivity index (χ3n) is 4.22. The van der Waals surface area contributed by atoms with Gasteiger partial charge in [-0.25, -0.2) is 9.07 Å². The highest BCUT2D eigenvalue weighted by Gasteiger charge is 2.20. The number of nitrogens with two attached hydrogens (primary N) is 1. The van der Waals surface area contributed by atoms with Crippen molar-refractivity contribution >= 4 is 17.4 Å². The van der Waals surface area contributed by atoms with E-state index in [9.17, 15) is 9.18 Å². The van der Waals surface area contributed by atoms with E-state index < -0.39 is 0 Å². The fraction of sp³-hybridized carbons (Fsp3) is 0.105. The number of hydrogen-bond donors (Lipinski definition) is 2. The number of amides is 1. The molecule has 0 fully saturated rings. The summed E-state index contributed by atoms with van der Waals surface area (Å²) in [5.74, 6) is -0.258. The Kier molecular flexibility index (Phi) is 4.73. The largest absolute Gasteiger partial charge is 0.382 e. The molecule has 0 saturated carbocycles. The number of anilines is 2. The number of nitrogens with zero attached hydrogens (tertiary/aromatic N) is 5. The van der Waals surface area contributed by atoms with Gasteiger partial charge in [-0.3, -0.25) is 4.79 Å². The predicted octanol–water partition coefficient (Wildman–Crippen LogP) is 2.66. The molecular formula is C19H16FN7O2. The van der Waals surface area contributed by atoms with Gasteiger partial charge in [0.1, 0.15) is 12.4 Å². The summed E-state index contributed by atoms with van der Waals surface area (Å²) in [7, 11) is 0. The van der Waals surface area contributed by atoms with Gasteiger partial charge < -0.3 is 15.6 Å². The van der Waals surface area contributed by atoms with Gasteiger partial charge in [0, 0.05) is 11.3 Å². The van der Waals surface area contributed by atoms with E-state index in [1.54, 1.807) is 6.07 Å². The second kappa shape index (κ2) is 7.50. The lowest BCUT2D eigenvalue weighted by Gasteiger charge is -2.08. The number of para-hydroxylation sites is 1. The summed E-state index contributed by atoms with van der Waals surface area (Å²) in [4.78, 5) is 16.5. The summed E-state index contributed by atoms with van der Waals surface area (Å²) in [5, 5.41) is 14.5. The van der Waals surface area contributed by atoms with Crippen LogP contribution >= 0.6 is 0 Å². The predicted molar refractivity (Wildman–Crippen MR) is 103 cm³/mol. The number of carbonyl (C=O) groups is 1. The van der Waals surface area contributed by atoms with Gasteiger partial charge in [-0.15, -0.1) is 5.10 Å². The van der Waals surface area contributed by atoms with Crippen molar-refractivity contribution in [3.05, 3.63) is 59.9 Å². The molecule has 4 aromatic rings. The van der Waals surface area contributed by atoms with Crippen LogP contribution in [-0.4, -0.2) is 31.0 Å². The summed E-state index contributed by atoms with van der Waals surface area (Å²) < 4.78 is 19.5. The molecule has 0 radical (unpaired) electrons. The van der Waals surface area contributed by atoms with Crippen LogP contribution in [0.2, 0.25) is 0 Å². The van der Waals surface area contributed by atoms with E-state index in [0.29, 0.717) is 11.3 Å². The van der Waals surface area contributed by atoms with E-state index in [2.05, 4.69) is 25.8 Å². The van der Waals surface area contributed by atoms with Crippen molar-refractivity contribution in [3.8, 4) is 23.0 Å². The summed E-state index contributed by atoms with van der Waals surface area (Å²) >= 11 is 0. The second-order valence-electron chi connectivity index (χ2n) is 6.27. The number of aryl methyl sites for hydroxylation is 1. The third kappa shape index (κ3) is 3.81. The molecule has 0 saturated heterocycles. The van der Waals surface area contributed by atoms with Crippen molar-refractivity contribution in [2.24, 2.45) is 0 Å². The molecule has 146 valence electrons. The van der Waals surface area contributed by atoms with E-state index in [-0.39, 0.29) is 41.5 Å². The number of benzene rings is 2. The number of carbonyl (C=O) groups excluding carboxylic acids is 1. The van der Waals surface area contributed by atoms with Crippen LogP contribution < -0.4 is 11.1 Å². The Hall–Kier alpha value is -4.08. The lowest BCUT2D eigenvalue weighted by molar-refractivity contribution is -0.116. The Morgan fingerprint density at radius 3 is 2.72 bits per heavy atom. The third-order valence-corrected chi connectivity index (χ3v) is 4.22. The SMILES string of the molecule is Cc1ccccc1NC(=O)Cn1nnc(-c2nc(-c3ccc(F)cc3)no2)c1N. The van der Waals surface area contributed by atoms with E-state index in [1.807, 2.05) is 25.1 Å². The smallest absolute Gasteiger partial charge is 0.282 e. The number of hydrogen-bond acceptors (Lipinski definition) is 7. The maximum absolute atomic E-state index is 13.1. The van der Waals surface area contributed by atoms with Gasteiger partial charge in [-0.2, -0.15) is 4.98 Å². The van der Waals surface area contributed by atoms with Gasteiger partial charge in [0.05, 0.1) is 0 Å². The Morgan fingerprint density at radius 2 is 1.97 bits per heavy atom. The molecule has 2 aromatic carbocycles. The van der Waals surface area contributed by atoms with Crippen LogP contribution in [0.3, 0.4) is 0 Å². The van der Waals surface area contributed by atoms with Gasteiger partial charge in [-0.05, 0) is 42.8 Å². The molecule has 0 aliphatic rings. The molecule has 0 spiro atoms. The normalized spacial score (nSPS) is 10.8. The first-order chi connectivity index (χ1) is 14.0. The van der Waals surface area contributed by atoms with E-state index in [1.165, 1.54) is 28.9 Å². The van der Waals surface area contributed by atoms with Crippen LogP contribution in [0.5, 0.6) is 0 Å².